The lowest BCUT2D eigenvalue weighted by Crippen LogP contribution is -2.33. The first-order valence-corrected chi connectivity index (χ1v) is 7.58. The highest BCUT2D eigenvalue weighted by Gasteiger charge is 2.18. The third-order valence-corrected chi connectivity index (χ3v) is 4.48. The first-order valence-electron chi connectivity index (χ1n) is 5.66. The Labute approximate surface area is 114 Å². The van der Waals surface area contributed by atoms with E-state index in [9.17, 15) is 0 Å². The maximum absolute atomic E-state index is 4.41. The van der Waals surface area contributed by atoms with Crippen LogP contribution >= 0.6 is 31.9 Å². The summed E-state index contributed by atoms with van der Waals surface area (Å²) in [7, 11) is 0. The summed E-state index contributed by atoms with van der Waals surface area (Å²) in [5.74, 6) is 0.870. The molecule has 16 heavy (non-hydrogen) atoms. The SMILES string of the molecule is BrCC1CCN(Cc2ccc(Br)cn2)CC1. The van der Waals surface area contributed by atoms with Crippen molar-refractivity contribution in [2.75, 3.05) is 18.4 Å². The minimum atomic E-state index is 0.870. The van der Waals surface area contributed by atoms with Crippen LogP contribution in [0, 0.1) is 5.92 Å². The summed E-state index contributed by atoms with van der Waals surface area (Å²) in [5.41, 5.74) is 1.17. The molecule has 1 aromatic rings. The van der Waals surface area contributed by atoms with Crippen molar-refractivity contribution in [3.63, 3.8) is 0 Å². The van der Waals surface area contributed by atoms with E-state index >= 15 is 0 Å². The number of aromatic nitrogens is 1. The second-order valence-electron chi connectivity index (χ2n) is 4.34. The molecule has 1 aliphatic heterocycles. The van der Waals surface area contributed by atoms with Crippen molar-refractivity contribution in [2.24, 2.45) is 5.92 Å². The van der Waals surface area contributed by atoms with Gasteiger partial charge < -0.3 is 0 Å². The molecule has 88 valence electrons. The van der Waals surface area contributed by atoms with Crippen LogP contribution in [0.5, 0.6) is 0 Å². The molecule has 0 amide bonds. The molecule has 1 saturated heterocycles. The van der Waals surface area contributed by atoms with E-state index < -0.39 is 0 Å². The summed E-state index contributed by atoms with van der Waals surface area (Å²) in [6, 6.07) is 4.16. The molecule has 0 N–H and O–H groups in total. The maximum Gasteiger partial charge on any atom is 0.0544 e. The van der Waals surface area contributed by atoms with Gasteiger partial charge in [-0.2, -0.15) is 0 Å². The molecule has 0 atom stereocenters. The number of nitrogens with zero attached hydrogens (tertiary/aromatic N) is 2. The number of rotatable bonds is 3. The Morgan fingerprint density at radius 2 is 2.06 bits per heavy atom. The van der Waals surface area contributed by atoms with E-state index in [1.54, 1.807) is 0 Å². The van der Waals surface area contributed by atoms with Crippen LogP contribution in [0.3, 0.4) is 0 Å². The van der Waals surface area contributed by atoms with Gasteiger partial charge >= 0.3 is 0 Å². The van der Waals surface area contributed by atoms with Gasteiger partial charge in [0.15, 0.2) is 0 Å². The molecule has 1 aromatic heterocycles. The second-order valence-corrected chi connectivity index (χ2v) is 5.90. The Morgan fingerprint density at radius 1 is 1.31 bits per heavy atom. The average molecular weight is 348 g/mol. The minimum Gasteiger partial charge on any atom is -0.297 e. The summed E-state index contributed by atoms with van der Waals surface area (Å²) in [6.07, 6.45) is 4.49. The number of likely N-dealkylation sites (tertiary alicyclic amines) is 1. The first kappa shape index (κ1) is 12.5. The molecule has 2 nitrogen and oxygen atoms in total. The first-order chi connectivity index (χ1) is 7.78. The smallest absolute Gasteiger partial charge is 0.0544 e. The number of pyridine rings is 1. The standard InChI is InChI=1S/C12H16Br2N2/c13-7-10-3-5-16(6-4-10)9-12-2-1-11(14)8-15-12/h1-2,8,10H,3-7,9H2. The molecule has 1 fully saturated rings. The zero-order valence-corrected chi connectivity index (χ0v) is 12.4. The molecule has 0 unspecified atom stereocenters. The van der Waals surface area contributed by atoms with E-state index in [0.717, 1.165) is 22.3 Å². The highest BCUT2D eigenvalue weighted by Crippen LogP contribution is 2.20. The van der Waals surface area contributed by atoms with E-state index in [4.69, 9.17) is 0 Å². The fraction of sp³-hybridized carbons (Fsp3) is 0.583. The molecule has 2 rings (SSSR count). The fourth-order valence-electron chi connectivity index (χ4n) is 2.03. The largest absolute Gasteiger partial charge is 0.297 e. The molecule has 0 saturated carbocycles. The fourth-order valence-corrected chi connectivity index (χ4v) is 2.91. The average Bonchev–Trinajstić information content (AvgIpc) is 2.33. The third-order valence-electron chi connectivity index (χ3n) is 3.10. The molecule has 0 bridgehead atoms. The predicted molar refractivity (Wildman–Crippen MR) is 73.7 cm³/mol. The van der Waals surface area contributed by atoms with Crippen LogP contribution in [0.1, 0.15) is 18.5 Å². The summed E-state index contributed by atoms with van der Waals surface area (Å²) < 4.78 is 1.05. The van der Waals surface area contributed by atoms with E-state index in [-0.39, 0.29) is 0 Å². The molecular formula is C12H16Br2N2. The van der Waals surface area contributed by atoms with Gasteiger partial charge in [0.25, 0.3) is 0 Å². The Bertz CT molecular complexity index is 318. The van der Waals surface area contributed by atoms with Crippen molar-refractivity contribution < 1.29 is 0 Å². The van der Waals surface area contributed by atoms with Crippen LogP contribution in [-0.4, -0.2) is 28.3 Å². The number of alkyl halides is 1. The van der Waals surface area contributed by atoms with Crippen molar-refractivity contribution >= 4 is 31.9 Å². The number of halogens is 2. The van der Waals surface area contributed by atoms with Crippen LogP contribution in [0.15, 0.2) is 22.8 Å². The number of hydrogen-bond donors (Lipinski definition) is 0. The van der Waals surface area contributed by atoms with Gasteiger partial charge in [0.2, 0.25) is 0 Å². The van der Waals surface area contributed by atoms with Gasteiger partial charge in [-0.15, -0.1) is 0 Å². The molecule has 4 heteroatoms. The lowest BCUT2D eigenvalue weighted by molar-refractivity contribution is 0.185. The minimum absolute atomic E-state index is 0.870. The van der Waals surface area contributed by atoms with Crippen molar-refractivity contribution in [1.29, 1.82) is 0 Å². The second kappa shape index (κ2) is 6.12. The Hall–Kier alpha value is 0.0700. The lowest BCUT2D eigenvalue weighted by atomic mass is 9.99. The van der Waals surface area contributed by atoms with Gasteiger partial charge in [-0.25, -0.2) is 0 Å². The monoisotopic (exact) mass is 346 g/mol. The Kier molecular flexibility index (Phi) is 4.79. The van der Waals surface area contributed by atoms with Crippen molar-refractivity contribution in [2.45, 2.75) is 19.4 Å². The highest BCUT2D eigenvalue weighted by molar-refractivity contribution is 9.10. The van der Waals surface area contributed by atoms with Crippen LogP contribution in [0.4, 0.5) is 0 Å². The van der Waals surface area contributed by atoms with Crippen LogP contribution < -0.4 is 0 Å². The topological polar surface area (TPSA) is 16.1 Å². The zero-order valence-electron chi connectivity index (χ0n) is 9.20. The normalized spacial score (nSPS) is 18.9. The van der Waals surface area contributed by atoms with Crippen LogP contribution in [0.25, 0.3) is 0 Å². The maximum atomic E-state index is 4.41. The van der Waals surface area contributed by atoms with Crippen molar-refractivity contribution in [1.82, 2.24) is 9.88 Å². The molecular weight excluding hydrogens is 332 g/mol. The summed E-state index contributed by atoms with van der Waals surface area (Å²) in [5, 5.41) is 1.15. The highest BCUT2D eigenvalue weighted by atomic mass is 79.9. The van der Waals surface area contributed by atoms with E-state index in [1.807, 2.05) is 6.20 Å². The van der Waals surface area contributed by atoms with Crippen LogP contribution in [0.2, 0.25) is 0 Å². The third kappa shape index (κ3) is 3.54. The van der Waals surface area contributed by atoms with Crippen molar-refractivity contribution in [3.8, 4) is 0 Å². The predicted octanol–water partition coefficient (Wildman–Crippen LogP) is 3.45. The van der Waals surface area contributed by atoms with Crippen LogP contribution in [-0.2, 0) is 6.54 Å². The summed E-state index contributed by atoms with van der Waals surface area (Å²) >= 11 is 6.98. The summed E-state index contributed by atoms with van der Waals surface area (Å²) in [6.45, 7) is 3.39. The van der Waals surface area contributed by atoms with Gasteiger partial charge in [-0.1, -0.05) is 15.9 Å². The lowest BCUT2D eigenvalue weighted by Gasteiger charge is -2.30. The molecule has 0 radical (unpaired) electrons. The number of piperidine rings is 1. The van der Waals surface area contributed by atoms with Gasteiger partial charge in [0.1, 0.15) is 0 Å². The van der Waals surface area contributed by atoms with Crippen molar-refractivity contribution in [3.05, 3.63) is 28.5 Å². The Balaban J connectivity index is 1.84. The van der Waals surface area contributed by atoms with E-state index in [0.29, 0.717) is 0 Å². The number of hydrogen-bond acceptors (Lipinski definition) is 2. The summed E-state index contributed by atoms with van der Waals surface area (Å²) in [4.78, 5) is 6.91. The molecule has 0 spiro atoms. The molecule has 0 aliphatic carbocycles. The van der Waals surface area contributed by atoms with Gasteiger partial charge in [0.05, 0.1) is 5.69 Å². The molecule has 0 aromatic carbocycles. The van der Waals surface area contributed by atoms with Gasteiger partial charge in [0, 0.05) is 22.5 Å². The van der Waals surface area contributed by atoms with E-state index in [1.165, 1.54) is 31.6 Å². The van der Waals surface area contributed by atoms with E-state index in [2.05, 4.69) is 53.9 Å². The van der Waals surface area contributed by atoms with Gasteiger partial charge in [-0.3, -0.25) is 9.88 Å². The Morgan fingerprint density at radius 3 is 2.62 bits per heavy atom. The quantitative estimate of drug-likeness (QED) is 0.778. The van der Waals surface area contributed by atoms with Gasteiger partial charge in [-0.05, 0) is 59.9 Å². The molecule has 2 heterocycles. The zero-order chi connectivity index (χ0) is 11.4. The molecule has 1 aliphatic rings.